The van der Waals surface area contributed by atoms with Crippen molar-refractivity contribution in [1.82, 2.24) is 15.0 Å². The van der Waals surface area contributed by atoms with E-state index in [-0.39, 0.29) is 5.41 Å². The molecule has 0 unspecified atom stereocenters. The average molecular weight is 465 g/mol. The number of likely N-dealkylation sites (tertiary alicyclic amines) is 1. The fraction of sp³-hybridized carbons (Fsp3) is 0.481. The molecule has 182 valence electrons. The third-order valence-electron chi connectivity index (χ3n) is 7.02. The van der Waals surface area contributed by atoms with E-state index in [0.717, 1.165) is 29.8 Å². The molecule has 7 heteroatoms. The van der Waals surface area contributed by atoms with Gasteiger partial charge in [0.05, 0.1) is 6.61 Å². The Morgan fingerprint density at radius 3 is 2.50 bits per heavy atom. The van der Waals surface area contributed by atoms with Crippen LogP contribution in [0.1, 0.15) is 43.4 Å². The van der Waals surface area contributed by atoms with Gasteiger partial charge in [-0.3, -0.25) is 0 Å². The molecule has 2 aromatic carbocycles. The Hall–Kier alpha value is -2.74. The Labute approximate surface area is 202 Å². The van der Waals surface area contributed by atoms with Crippen molar-refractivity contribution in [2.75, 3.05) is 52.3 Å². The number of likely N-dealkylation sites (N-methyl/N-ethyl adjacent to an activating group) is 1. The number of ether oxygens (including phenoxy) is 1. The number of benzene rings is 2. The van der Waals surface area contributed by atoms with E-state index in [1.165, 1.54) is 5.56 Å². The maximum atomic E-state index is 12.4. The second-order valence-corrected chi connectivity index (χ2v) is 10.1. The van der Waals surface area contributed by atoms with Gasteiger partial charge >= 0.3 is 0 Å². The number of rotatable bonds is 9. The van der Waals surface area contributed by atoms with Crippen molar-refractivity contribution in [2.24, 2.45) is 5.41 Å². The van der Waals surface area contributed by atoms with Crippen LogP contribution in [0.3, 0.4) is 0 Å². The Morgan fingerprint density at radius 1 is 1.18 bits per heavy atom. The van der Waals surface area contributed by atoms with Gasteiger partial charge in [0.1, 0.15) is 5.60 Å². The predicted octanol–water partition coefficient (Wildman–Crippen LogP) is 4.13. The lowest BCUT2D eigenvalue weighted by atomic mass is 9.62. The minimum atomic E-state index is -1.16. The van der Waals surface area contributed by atoms with Crippen LogP contribution < -0.4 is 4.90 Å². The maximum absolute atomic E-state index is 12.4. The highest BCUT2D eigenvalue weighted by molar-refractivity contribution is 5.58. The van der Waals surface area contributed by atoms with E-state index in [1.807, 2.05) is 36.2 Å². The van der Waals surface area contributed by atoms with Crippen molar-refractivity contribution >= 4 is 5.95 Å². The molecule has 1 saturated heterocycles. The smallest absolute Gasteiger partial charge is 0.266 e. The summed E-state index contributed by atoms with van der Waals surface area (Å²) in [6.45, 7) is 9.35. The summed E-state index contributed by atoms with van der Waals surface area (Å²) in [5, 5.41) is 16.5. The number of hydrogen-bond acceptors (Lipinski definition) is 7. The molecule has 1 fully saturated rings. The van der Waals surface area contributed by atoms with E-state index in [0.29, 0.717) is 30.9 Å². The van der Waals surface area contributed by atoms with Crippen LogP contribution in [0.4, 0.5) is 5.95 Å². The molecule has 0 spiro atoms. The molecule has 1 aliphatic heterocycles. The average Bonchev–Trinajstić information content (AvgIpc) is 3.32. The zero-order valence-electron chi connectivity index (χ0n) is 21.1. The van der Waals surface area contributed by atoms with Crippen LogP contribution in [0.15, 0.2) is 53.1 Å². The number of aromatic nitrogens is 2. The first kappa shape index (κ1) is 24.4. The van der Waals surface area contributed by atoms with Gasteiger partial charge in [-0.05, 0) is 46.9 Å². The molecule has 1 atom stereocenters. The molecule has 34 heavy (non-hydrogen) atoms. The van der Waals surface area contributed by atoms with Crippen LogP contribution in [-0.2, 0) is 10.3 Å². The van der Waals surface area contributed by atoms with Gasteiger partial charge in [-0.1, -0.05) is 57.2 Å². The van der Waals surface area contributed by atoms with Crippen LogP contribution in [0.5, 0.6) is 0 Å². The van der Waals surface area contributed by atoms with Crippen LogP contribution in [0.25, 0.3) is 11.5 Å². The van der Waals surface area contributed by atoms with Crippen molar-refractivity contribution < 1.29 is 14.4 Å². The first-order chi connectivity index (χ1) is 16.2. The Kier molecular flexibility index (Phi) is 6.80. The zero-order valence-corrected chi connectivity index (χ0v) is 21.1. The normalized spacial score (nSPS) is 17.4. The van der Waals surface area contributed by atoms with Gasteiger partial charge in [0, 0.05) is 44.8 Å². The van der Waals surface area contributed by atoms with Gasteiger partial charge < -0.3 is 24.2 Å². The van der Waals surface area contributed by atoms with E-state index in [9.17, 15) is 5.11 Å². The number of hydrogen-bond donors (Lipinski definition) is 1. The summed E-state index contributed by atoms with van der Waals surface area (Å²) in [7, 11) is 5.65. The molecular formula is C27H36N4O3. The maximum Gasteiger partial charge on any atom is 0.266 e. The van der Waals surface area contributed by atoms with Gasteiger partial charge in [0.2, 0.25) is 0 Å². The molecule has 0 radical (unpaired) electrons. The molecular weight excluding hydrogens is 428 g/mol. The minimum absolute atomic E-state index is 0.333. The second-order valence-electron chi connectivity index (χ2n) is 10.1. The van der Waals surface area contributed by atoms with Crippen molar-refractivity contribution in [2.45, 2.75) is 32.3 Å². The molecule has 0 amide bonds. The summed E-state index contributed by atoms with van der Waals surface area (Å²) in [6.07, 6.45) is 0. The SMILES string of the molecule is COCCN(C)c1noc(-c2cccc([C@@](O)(c3ccc(C(C)C)cc3)C3(C)CN(C)C3)c2)n1. The van der Waals surface area contributed by atoms with Crippen LogP contribution >= 0.6 is 0 Å². The van der Waals surface area contributed by atoms with Crippen LogP contribution in [0, 0.1) is 5.41 Å². The highest BCUT2D eigenvalue weighted by Gasteiger charge is 2.55. The number of methoxy groups -OCH3 is 1. The predicted molar refractivity (Wildman–Crippen MR) is 134 cm³/mol. The molecule has 3 aromatic rings. The summed E-state index contributed by atoms with van der Waals surface area (Å²) in [6, 6.07) is 16.2. The molecule has 0 bridgehead atoms. The lowest BCUT2D eigenvalue weighted by Crippen LogP contribution is -2.63. The molecule has 7 nitrogen and oxygen atoms in total. The molecule has 1 aliphatic rings. The third-order valence-corrected chi connectivity index (χ3v) is 7.02. The summed E-state index contributed by atoms with van der Waals surface area (Å²) < 4.78 is 10.7. The first-order valence-electron chi connectivity index (χ1n) is 11.8. The van der Waals surface area contributed by atoms with Crippen molar-refractivity contribution in [1.29, 1.82) is 0 Å². The highest BCUT2D eigenvalue weighted by Crippen LogP contribution is 2.50. The summed E-state index contributed by atoms with van der Waals surface area (Å²) >= 11 is 0. The van der Waals surface area contributed by atoms with Crippen molar-refractivity contribution in [3.8, 4) is 11.5 Å². The third kappa shape index (κ3) is 4.35. The fourth-order valence-electron chi connectivity index (χ4n) is 5.04. The lowest BCUT2D eigenvalue weighted by Gasteiger charge is -2.56. The van der Waals surface area contributed by atoms with Gasteiger partial charge in [0.25, 0.3) is 11.8 Å². The van der Waals surface area contributed by atoms with E-state index in [2.05, 4.69) is 67.1 Å². The van der Waals surface area contributed by atoms with Gasteiger partial charge in [-0.15, -0.1) is 0 Å². The summed E-state index contributed by atoms with van der Waals surface area (Å²) in [5.74, 6) is 1.36. The van der Waals surface area contributed by atoms with Crippen LogP contribution in [0.2, 0.25) is 0 Å². The Morgan fingerprint density at radius 2 is 1.88 bits per heavy atom. The lowest BCUT2D eigenvalue weighted by molar-refractivity contribution is -0.127. The standard InChI is InChI=1S/C27H36N4O3/c1-19(2)20-10-12-22(13-11-20)27(32,26(3)17-30(4)18-26)23-9-7-8-21(16-23)24-28-25(29-34-24)31(5)14-15-33-6/h7-13,16,19,32H,14-15,17-18H2,1-6H3/t27-/m0/s1. The molecule has 1 N–H and O–H groups in total. The summed E-state index contributed by atoms with van der Waals surface area (Å²) in [4.78, 5) is 8.69. The Balaban J connectivity index is 1.73. The van der Waals surface area contributed by atoms with Crippen molar-refractivity contribution in [3.05, 3.63) is 65.2 Å². The zero-order chi connectivity index (χ0) is 24.5. The topological polar surface area (TPSA) is 74.9 Å². The minimum Gasteiger partial charge on any atom is -0.383 e. The number of nitrogens with zero attached hydrogens (tertiary/aromatic N) is 4. The molecule has 1 aromatic heterocycles. The quantitative estimate of drug-likeness (QED) is 0.510. The van der Waals surface area contributed by atoms with Gasteiger partial charge in [-0.25, -0.2) is 0 Å². The largest absolute Gasteiger partial charge is 0.383 e. The van der Waals surface area contributed by atoms with E-state index < -0.39 is 5.60 Å². The van der Waals surface area contributed by atoms with Crippen LogP contribution in [-0.4, -0.2) is 67.6 Å². The number of aliphatic hydroxyl groups is 1. The fourth-order valence-corrected chi connectivity index (χ4v) is 5.04. The summed E-state index contributed by atoms with van der Waals surface area (Å²) in [5.41, 5.74) is 2.26. The molecule has 4 rings (SSSR count). The first-order valence-corrected chi connectivity index (χ1v) is 11.8. The van der Waals surface area contributed by atoms with E-state index in [1.54, 1.807) is 7.11 Å². The second kappa shape index (κ2) is 9.49. The van der Waals surface area contributed by atoms with Gasteiger partial charge in [-0.2, -0.15) is 4.98 Å². The number of anilines is 1. The van der Waals surface area contributed by atoms with Gasteiger partial charge in [0.15, 0.2) is 0 Å². The molecule has 0 saturated carbocycles. The van der Waals surface area contributed by atoms with E-state index in [4.69, 9.17) is 9.26 Å². The highest BCUT2D eigenvalue weighted by atomic mass is 16.5. The van der Waals surface area contributed by atoms with E-state index >= 15 is 0 Å². The molecule has 0 aliphatic carbocycles. The Bertz CT molecular complexity index is 1110. The van der Waals surface area contributed by atoms with Crippen molar-refractivity contribution in [3.63, 3.8) is 0 Å². The monoisotopic (exact) mass is 464 g/mol. The molecule has 2 heterocycles.